The largest absolute Gasteiger partial charge is 0.383 e. The molecule has 0 aliphatic heterocycles. The highest BCUT2D eigenvalue weighted by Crippen LogP contribution is 2.27. The molecule has 9 heteroatoms. The second-order valence-electron chi connectivity index (χ2n) is 7.13. The van der Waals surface area contributed by atoms with Gasteiger partial charge in [0.2, 0.25) is 10.0 Å². The summed E-state index contributed by atoms with van der Waals surface area (Å²) in [6, 6.07) is 10.1. The third-order valence-electron chi connectivity index (χ3n) is 4.61. The van der Waals surface area contributed by atoms with E-state index < -0.39 is 20.1 Å². The molecule has 2 aromatic carbocycles. The van der Waals surface area contributed by atoms with E-state index in [1.54, 1.807) is 26.0 Å². The molecule has 0 aromatic heterocycles. The Morgan fingerprint density at radius 1 is 0.933 bits per heavy atom. The van der Waals surface area contributed by atoms with Crippen molar-refractivity contribution in [1.82, 2.24) is 4.31 Å². The summed E-state index contributed by atoms with van der Waals surface area (Å²) in [5.74, 6) is 0.0599. The normalized spacial score (nSPS) is 12.3. The molecule has 0 aliphatic rings. The van der Waals surface area contributed by atoms with Gasteiger partial charge in [0.05, 0.1) is 17.3 Å². The quantitative estimate of drug-likeness (QED) is 0.511. The van der Waals surface area contributed by atoms with Gasteiger partial charge in [-0.15, -0.1) is 0 Å². The smallest absolute Gasteiger partial charge is 0.308 e. The Bertz CT molecular complexity index is 1050. The lowest BCUT2D eigenvalue weighted by Gasteiger charge is -2.24. The zero-order valence-corrected chi connectivity index (χ0v) is 19.6. The molecule has 0 heterocycles. The summed E-state index contributed by atoms with van der Waals surface area (Å²) in [5.41, 5.74) is 3.11. The molecule has 0 atom stereocenters. The number of hydrogen-bond acceptors (Lipinski definition) is 6. The number of sulfonamides is 1. The van der Waals surface area contributed by atoms with Crippen molar-refractivity contribution in [2.75, 3.05) is 26.0 Å². The van der Waals surface area contributed by atoms with Crippen LogP contribution in [-0.2, 0) is 31.4 Å². The van der Waals surface area contributed by atoms with E-state index >= 15 is 0 Å². The summed E-state index contributed by atoms with van der Waals surface area (Å²) in [4.78, 5) is 0.304. The number of rotatable bonds is 10. The Hall–Kier alpha value is -1.94. The number of ether oxygens (including phenoxy) is 1. The van der Waals surface area contributed by atoms with E-state index in [0.29, 0.717) is 21.6 Å². The van der Waals surface area contributed by atoms with E-state index in [1.807, 2.05) is 19.1 Å². The fourth-order valence-electron chi connectivity index (χ4n) is 3.24. The highest BCUT2D eigenvalue weighted by Gasteiger charge is 2.28. The molecule has 0 unspecified atom stereocenters. The maximum Gasteiger partial charge on any atom is 0.308 e. The lowest BCUT2D eigenvalue weighted by molar-refractivity contribution is 0.177. The van der Waals surface area contributed by atoms with E-state index in [9.17, 15) is 16.8 Å². The second kappa shape index (κ2) is 9.91. The van der Waals surface area contributed by atoms with E-state index in [4.69, 9.17) is 8.92 Å². The molecule has 0 saturated carbocycles. The van der Waals surface area contributed by atoms with Gasteiger partial charge in [-0.05, 0) is 56.5 Å². The molecule has 0 fully saturated rings. The molecule has 0 saturated heterocycles. The van der Waals surface area contributed by atoms with Crippen LogP contribution in [0.2, 0.25) is 0 Å². The fraction of sp³-hybridized carbons (Fsp3) is 0.429. The van der Waals surface area contributed by atoms with Gasteiger partial charge in [-0.25, -0.2) is 8.42 Å². The molecule has 0 aliphatic carbocycles. The van der Waals surface area contributed by atoms with Crippen molar-refractivity contribution in [3.05, 3.63) is 58.7 Å². The highest BCUT2D eigenvalue weighted by molar-refractivity contribution is 7.89. The first kappa shape index (κ1) is 24.3. The first-order valence-electron chi connectivity index (χ1n) is 9.58. The van der Waals surface area contributed by atoms with Crippen LogP contribution in [-0.4, -0.2) is 47.2 Å². The first-order valence-corrected chi connectivity index (χ1v) is 12.6. The third-order valence-corrected chi connectivity index (χ3v) is 7.91. The number of methoxy groups -OCH3 is 1. The average molecular weight is 456 g/mol. The van der Waals surface area contributed by atoms with Gasteiger partial charge in [-0.2, -0.15) is 12.7 Å². The van der Waals surface area contributed by atoms with E-state index in [2.05, 4.69) is 0 Å². The molecule has 2 rings (SSSR count). The minimum Gasteiger partial charge on any atom is -0.383 e. The molecule has 7 nitrogen and oxygen atoms in total. The van der Waals surface area contributed by atoms with Gasteiger partial charge >= 0.3 is 10.1 Å². The SMILES string of the molecule is CCS(=O)(=O)Oc1ccc(CN(CCOC)S(=O)(=O)c2c(C)cc(C)cc2C)cc1. The number of hydrogen-bond donors (Lipinski definition) is 0. The van der Waals surface area contributed by atoms with E-state index in [1.165, 1.54) is 30.5 Å². The molecule has 0 amide bonds. The van der Waals surface area contributed by atoms with Crippen molar-refractivity contribution in [1.29, 1.82) is 0 Å². The Labute approximate surface area is 179 Å². The molecule has 2 aromatic rings. The summed E-state index contributed by atoms with van der Waals surface area (Å²) in [7, 11) is -5.86. The Morgan fingerprint density at radius 3 is 2.00 bits per heavy atom. The lowest BCUT2D eigenvalue weighted by Crippen LogP contribution is -2.34. The van der Waals surface area contributed by atoms with E-state index in [-0.39, 0.29) is 31.2 Å². The molecular formula is C21H29NO6S2. The maximum atomic E-state index is 13.5. The topological polar surface area (TPSA) is 90.0 Å². The molecule has 166 valence electrons. The zero-order chi connectivity index (χ0) is 22.5. The minimum absolute atomic E-state index is 0.124. The van der Waals surface area contributed by atoms with Crippen LogP contribution in [0.15, 0.2) is 41.3 Å². The van der Waals surface area contributed by atoms with Gasteiger partial charge in [0, 0.05) is 20.2 Å². The monoisotopic (exact) mass is 455 g/mol. The predicted molar refractivity (Wildman–Crippen MR) is 117 cm³/mol. The molecular weight excluding hydrogens is 426 g/mol. The maximum absolute atomic E-state index is 13.5. The van der Waals surface area contributed by atoms with Crippen LogP contribution in [0.25, 0.3) is 0 Å². The van der Waals surface area contributed by atoms with Gasteiger partial charge in [-0.3, -0.25) is 0 Å². The average Bonchev–Trinajstić information content (AvgIpc) is 2.65. The molecule has 0 N–H and O–H groups in total. The van der Waals surface area contributed by atoms with Crippen LogP contribution < -0.4 is 4.18 Å². The van der Waals surface area contributed by atoms with Crippen LogP contribution in [0.1, 0.15) is 29.2 Å². The van der Waals surface area contributed by atoms with Gasteiger partial charge in [-0.1, -0.05) is 29.8 Å². The van der Waals surface area contributed by atoms with Crippen LogP contribution in [0, 0.1) is 20.8 Å². The Kier molecular flexibility index (Phi) is 8.04. The van der Waals surface area contributed by atoms with Gasteiger partial charge in [0.15, 0.2) is 0 Å². The summed E-state index contributed by atoms with van der Waals surface area (Å²) >= 11 is 0. The van der Waals surface area contributed by atoms with Crippen molar-refractivity contribution in [3.8, 4) is 5.75 Å². The van der Waals surface area contributed by atoms with Crippen LogP contribution in [0.3, 0.4) is 0 Å². The standard InChI is InChI=1S/C21H29NO6S2/c1-6-29(23,24)28-20-9-7-19(8-10-20)15-22(11-12-27-5)30(25,26)21-17(3)13-16(2)14-18(21)4/h7-10,13-14H,6,11-12,15H2,1-5H3. The fourth-order valence-corrected chi connectivity index (χ4v) is 5.59. The van der Waals surface area contributed by atoms with E-state index in [0.717, 1.165) is 5.56 Å². The zero-order valence-electron chi connectivity index (χ0n) is 18.0. The van der Waals surface area contributed by atoms with Gasteiger partial charge < -0.3 is 8.92 Å². The number of aryl methyl sites for hydroxylation is 3. The highest BCUT2D eigenvalue weighted by atomic mass is 32.2. The Balaban J connectivity index is 2.34. The first-order chi connectivity index (χ1) is 14.0. The van der Waals surface area contributed by atoms with Crippen molar-refractivity contribution in [3.63, 3.8) is 0 Å². The molecule has 30 heavy (non-hydrogen) atoms. The van der Waals surface area contributed by atoms with Crippen molar-refractivity contribution < 1.29 is 25.8 Å². The molecule has 0 bridgehead atoms. The van der Waals surface area contributed by atoms with Crippen molar-refractivity contribution >= 4 is 20.1 Å². The minimum atomic E-state index is -3.77. The molecule has 0 spiro atoms. The summed E-state index contributed by atoms with van der Waals surface area (Å²) < 4.78 is 61.6. The predicted octanol–water partition coefficient (Wildman–Crippen LogP) is 3.18. The van der Waals surface area contributed by atoms with Crippen LogP contribution >= 0.6 is 0 Å². The van der Waals surface area contributed by atoms with Gasteiger partial charge in [0.25, 0.3) is 0 Å². The van der Waals surface area contributed by atoms with Crippen molar-refractivity contribution in [2.24, 2.45) is 0 Å². The van der Waals surface area contributed by atoms with Gasteiger partial charge in [0.1, 0.15) is 5.75 Å². The summed E-state index contributed by atoms with van der Waals surface area (Å²) in [5, 5.41) is 0. The summed E-state index contributed by atoms with van der Waals surface area (Å²) in [6.07, 6.45) is 0. The Morgan fingerprint density at radius 2 is 1.50 bits per heavy atom. The second-order valence-corrected chi connectivity index (χ2v) is 10.9. The third kappa shape index (κ3) is 6.04. The number of nitrogens with zero attached hydrogens (tertiary/aromatic N) is 1. The lowest BCUT2D eigenvalue weighted by atomic mass is 10.1. The number of benzene rings is 2. The van der Waals surface area contributed by atoms with Crippen LogP contribution in [0.4, 0.5) is 0 Å². The van der Waals surface area contributed by atoms with Crippen LogP contribution in [0.5, 0.6) is 5.75 Å². The summed E-state index contributed by atoms with van der Waals surface area (Å²) in [6.45, 7) is 7.58. The molecule has 0 radical (unpaired) electrons. The van der Waals surface area contributed by atoms with Crippen molar-refractivity contribution in [2.45, 2.75) is 39.1 Å².